The maximum absolute atomic E-state index is 12.4. The van der Waals surface area contributed by atoms with Gasteiger partial charge in [0.1, 0.15) is 29.9 Å². The lowest BCUT2D eigenvalue weighted by atomic mass is 9.80. The number of benzene rings is 3. The minimum Gasteiger partial charge on any atom is -0.383 e. The Hall–Kier alpha value is -3.82. The molecule has 0 bridgehead atoms. The van der Waals surface area contributed by atoms with Crippen molar-refractivity contribution in [1.29, 1.82) is 0 Å². The molecule has 0 spiro atoms. The van der Waals surface area contributed by atoms with Crippen molar-refractivity contribution in [3.63, 3.8) is 0 Å². The fourth-order valence-electron chi connectivity index (χ4n) is 4.79. The molecular formula is C28H28N4O4. The van der Waals surface area contributed by atoms with E-state index in [0.29, 0.717) is 6.42 Å². The zero-order valence-electron chi connectivity index (χ0n) is 19.6. The molecule has 4 N–H and O–H groups in total. The third kappa shape index (κ3) is 4.55. The number of rotatable bonds is 8. The van der Waals surface area contributed by atoms with Gasteiger partial charge in [0.15, 0.2) is 0 Å². The first kappa shape index (κ1) is 23.9. The van der Waals surface area contributed by atoms with Crippen LogP contribution in [0.4, 0.5) is 5.82 Å². The third-order valence-electron chi connectivity index (χ3n) is 6.52. The summed E-state index contributed by atoms with van der Waals surface area (Å²) in [6, 6.07) is 31.8. The summed E-state index contributed by atoms with van der Waals surface area (Å²) in [7, 11) is 0. The molecule has 0 unspecified atom stereocenters. The van der Waals surface area contributed by atoms with Crippen molar-refractivity contribution in [3.8, 4) is 0 Å². The Morgan fingerprint density at radius 1 is 0.889 bits per heavy atom. The summed E-state index contributed by atoms with van der Waals surface area (Å²) in [5.41, 5.74) is 7.15. The number of hydrogen-bond acceptors (Lipinski definition) is 7. The van der Waals surface area contributed by atoms with Crippen LogP contribution >= 0.6 is 0 Å². The lowest BCUT2D eigenvalue weighted by molar-refractivity contribution is -0.105. The van der Waals surface area contributed by atoms with Crippen molar-refractivity contribution in [2.75, 3.05) is 12.3 Å². The molecule has 0 aliphatic carbocycles. The van der Waals surface area contributed by atoms with Gasteiger partial charge in [-0.2, -0.15) is 4.98 Å². The smallest absolute Gasteiger partial charge is 0.351 e. The Kier molecular flexibility index (Phi) is 6.92. The summed E-state index contributed by atoms with van der Waals surface area (Å²) >= 11 is 0. The monoisotopic (exact) mass is 484 g/mol. The van der Waals surface area contributed by atoms with Gasteiger partial charge in [-0.1, -0.05) is 91.0 Å². The minimum absolute atomic E-state index is 0.152. The van der Waals surface area contributed by atoms with E-state index in [1.165, 1.54) is 4.57 Å². The summed E-state index contributed by atoms with van der Waals surface area (Å²) in [5, 5.41) is 0. The second kappa shape index (κ2) is 10.4. The molecule has 3 atom stereocenters. The summed E-state index contributed by atoms with van der Waals surface area (Å²) in [4.78, 5) is 21.4. The highest BCUT2D eigenvalue weighted by Crippen LogP contribution is 2.41. The van der Waals surface area contributed by atoms with Crippen molar-refractivity contribution in [2.24, 2.45) is 5.90 Å². The average Bonchev–Trinajstić information content (AvgIpc) is 3.34. The van der Waals surface area contributed by atoms with Crippen molar-refractivity contribution < 1.29 is 14.3 Å². The van der Waals surface area contributed by atoms with Gasteiger partial charge in [-0.05, 0) is 22.8 Å². The number of anilines is 1. The molecular weight excluding hydrogens is 456 g/mol. The van der Waals surface area contributed by atoms with Gasteiger partial charge in [0.2, 0.25) is 0 Å². The molecule has 36 heavy (non-hydrogen) atoms. The molecule has 1 aliphatic rings. The van der Waals surface area contributed by atoms with Crippen LogP contribution in [0.5, 0.6) is 0 Å². The molecule has 8 heteroatoms. The normalized spacial score (nSPS) is 19.9. The molecule has 8 nitrogen and oxygen atoms in total. The Bertz CT molecular complexity index is 1240. The Morgan fingerprint density at radius 3 is 1.89 bits per heavy atom. The van der Waals surface area contributed by atoms with Gasteiger partial charge in [-0.15, -0.1) is 0 Å². The largest absolute Gasteiger partial charge is 0.383 e. The third-order valence-corrected chi connectivity index (χ3v) is 6.52. The zero-order chi connectivity index (χ0) is 25.0. The molecule has 5 rings (SSSR count). The molecule has 184 valence electrons. The van der Waals surface area contributed by atoms with Crippen LogP contribution in [0.2, 0.25) is 0 Å². The molecule has 3 aromatic carbocycles. The number of ether oxygens (including phenoxy) is 2. The second-order valence-corrected chi connectivity index (χ2v) is 8.67. The summed E-state index contributed by atoms with van der Waals surface area (Å²) in [5.74, 6) is 5.79. The van der Waals surface area contributed by atoms with Crippen LogP contribution in [0.15, 0.2) is 108 Å². The Balaban J connectivity index is 1.51. The fraction of sp³-hybridized carbons (Fsp3) is 0.214. The molecule has 0 saturated carbocycles. The number of hydrogen-bond donors (Lipinski definition) is 2. The molecule has 1 aliphatic heterocycles. The van der Waals surface area contributed by atoms with Gasteiger partial charge in [0, 0.05) is 12.6 Å². The maximum Gasteiger partial charge on any atom is 0.351 e. The van der Waals surface area contributed by atoms with Gasteiger partial charge in [-0.3, -0.25) is 9.40 Å². The summed E-state index contributed by atoms with van der Waals surface area (Å²) in [6.07, 6.45) is 0.311. The average molecular weight is 485 g/mol. The second-order valence-electron chi connectivity index (χ2n) is 8.67. The van der Waals surface area contributed by atoms with E-state index in [9.17, 15) is 4.79 Å². The van der Waals surface area contributed by atoms with Gasteiger partial charge >= 0.3 is 5.69 Å². The maximum atomic E-state index is 12.4. The lowest BCUT2D eigenvalue weighted by Crippen LogP contribution is -2.39. The highest BCUT2D eigenvalue weighted by molar-refractivity contribution is 5.47. The highest BCUT2D eigenvalue weighted by Gasteiger charge is 2.42. The SMILES string of the molecule is NO[C@H]1C[C@H](n2ccc(N)nc2=O)O[C@@H]1COC(c1ccccc1)(c1ccccc1)c1ccccc1. The van der Waals surface area contributed by atoms with E-state index in [2.05, 4.69) is 41.4 Å². The van der Waals surface area contributed by atoms with Crippen LogP contribution in [-0.2, 0) is 19.9 Å². The molecule has 2 heterocycles. The first-order chi connectivity index (χ1) is 17.6. The van der Waals surface area contributed by atoms with Crippen molar-refractivity contribution in [1.82, 2.24) is 9.55 Å². The topological polar surface area (TPSA) is 115 Å². The van der Waals surface area contributed by atoms with E-state index < -0.39 is 29.7 Å². The van der Waals surface area contributed by atoms with E-state index in [1.807, 2.05) is 54.6 Å². The number of nitrogens with two attached hydrogens (primary N) is 2. The molecule has 0 radical (unpaired) electrons. The molecule has 4 aromatic rings. The lowest BCUT2D eigenvalue weighted by Gasteiger charge is -2.37. The fourth-order valence-corrected chi connectivity index (χ4v) is 4.79. The predicted octanol–water partition coefficient (Wildman–Crippen LogP) is 3.38. The van der Waals surface area contributed by atoms with Crippen LogP contribution in [-0.4, -0.2) is 28.4 Å². The van der Waals surface area contributed by atoms with Gasteiger partial charge in [0.05, 0.1) is 6.61 Å². The number of nitrogen functional groups attached to an aromatic ring is 1. The molecule has 1 saturated heterocycles. The zero-order valence-corrected chi connectivity index (χ0v) is 19.6. The first-order valence-corrected chi connectivity index (χ1v) is 11.8. The Morgan fingerprint density at radius 2 is 1.42 bits per heavy atom. The summed E-state index contributed by atoms with van der Waals surface area (Å²) < 4.78 is 14.5. The van der Waals surface area contributed by atoms with Crippen molar-refractivity contribution in [3.05, 3.63) is 130 Å². The van der Waals surface area contributed by atoms with E-state index in [-0.39, 0.29) is 12.4 Å². The van der Waals surface area contributed by atoms with Gasteiger partial charge < -0.3 is 15.2 Å². The van der Waals surface area contributed by atoms with Crippen LogP contribution < -0.4 is 17.3 Å². The Labute approximate surface area is 209 Å². The van der Waals surface area contributed by atoms with Gasteiger partial charge in [0.25, 0.3) is 0 Å². The molecule has 1 fully saturated rings. The standard InChI is InChI=1S/C28H28N4O4/c29-25-16-17-32(27(33)31-25)26-18-23(36-30)24(35-26)19-34-28(20-10-4-1-5-11-20,21-12-6-2-7-13-21)22-14-8-3-9-15-22/h1-17,23-24,26H,18-19,30H2,(H2,29,31,33)/t23-,24+,26+/m0/s1. The minimum atomic E-state index is -0.913. The van der Waals surface area contributed by atoms with Crippen molar-refractivity contribution >= 4 is 5.82 Å². The van der Waals surface area contributed by atoms with E-state index in [1.54, 1.807) is 12.3 Å². The van der Waals surface area contributed by atoms with Crippen LogP contribution in [0.3, 0.4) is 0 Å². The highest BCUT2D eigenvalue weighted by atomic mass is 16.7. The molecule has 0 amide bonds. The van der Waals surface area contributed by atoms with Crippen LogP contribution in [0, 0.1) is 0 Å². The summed E-state index contributed by atoms with van der Waals surface area (Å²) in [6.45, 7) is 0.161. The quantitative estimate of drug-likeness (QED) is 0.291. The first-order valence-electron chi connectivity index (χ1n) is 11.8. The van der Waals surface area contributed by atoms with E-state index in [4.69, 9.17) is 25.9 Å². The molecule has 1 aromatic heterocycles. The number of nitrogens with zero attached hydrogens (tertiary/aromatic N) is 2. The number of aromatic nitrogens is 2. The van der Waals surface area contributed by atoms with Gasteiger partial charge in [-0.25, -0.2) is 10.7 Å². The predicted molar refractivity (Wildman–Crippen MR) is 136 cm³/mol. The van der Waals surface area contributed by atoms with Crippen LogP contribution in [0.25, 0.3) is 0 Å². The van der Waals surface area contributed by atoms with E-state index >= 15 is 0 Å². The van der Waals surface area contributed by atoms with Crippen LogP contribution in [0.1, 0.15) is 29.3 Å². The van der Waals surface area contributed by atoms with Crippen molar-refractivity contribution in [2.45, 2.75) is 30.5 Å². The van der Waals surface area contributed by atoms with E-state index in [0.717, 1.165) is 16.7 Å².